The predicted molar refractivity (Wildman–Crippen MR) is 117 cm³/mol. The first kappa shape index (κ1) is 23.1. The Morgan fingerprint density at radius 3 is 2.65 bits per heavy atom. The molecule has 2 amide bonds. The van der Waals surface area contributed by atoms with E-state index >= 15 is 0 Å². The molecule has 0 aromatic heterocycles. The molecule has 1 saturated carbocycles. The first-order valence-electron chi connectivity index (χ1n) is 11.0. The third kappa shape index (κ3) is 5.97. The minimum atomic E-state index is -0.581. The van der Waals surface area contributed by atoms with Gasteiger partial charge in [0.15, 0.2) is 0 Å². The van der Waals surface area contributed by atoms with Gasteiger partial charge < -0.3 is 25.0 Å². The van der Waals surface area contributed by atoms with Gasteiger partial charge in [-0.15, -0.1) is 0 Å². The highest BCUT2D eigenvalue weighted by atomic mass is 16.5. The third-order valence-corrected chi connectivity index (χ3v) is 6.11. The van der Waals surface area contributed by atoms with Crippen LogP contribution in [-0.2, 0) is 19.1 Å². The number of nitrogens with one attached hydrogen (secondary N) is 2. The van der Waals surface area contributed by atoms with Gasteiger partial charge in [-0.3, -0.25) is 14.4 Å². The number of anilines is 1. The molecule has 1 fully saturated rings. The fourth-order valence-corrected chi connectivity index (χ4v) is 4.40. The average molecular weight is 432 g/mol. The monoisotopic (exact) mass is 431 g/mol. The zero-order chi connectivity index (χ0) is 22.2. The number of benzene rings is 1. The summed E-state index contributed by atoms with van der Waals surface area (Å²) in [4.78, 5) is 40.2. The van der Waals surface area contributed by atoms with Crippen LogP contribution in [0.25, 0.3) is 0 Å². The fraction of sp³-hybridized carbons (Fsp3) is 0.609. The molecule has 2 N–H and O–H groups in total. The number of hydrogen-bond acceptors (Lipinski definition) is 6. The summed E-state index contributed by atoms with van der Waals surface area (Å²) in [6, 6.07) is 5.45. The molecule has 1 unspecified atom stereocenters. The molecule has 31 heavy (non-hydrogen) atoms. The number of ether oxygens (including phenoxy) is 2. The van der Waals surface area contributed by atoms with Gasteiger partial charge in [0.2, 0.25) is 11.7 Å². The van der Waals surface area contributed by atoms with Crippen molar-refractivity contribution in [2.24, 2.45) is 5.92 Å². The molecule has 0 radical (unpaired) electrons. The van der Waals surface area contributed by atoms with Crippen molar-refractivity contribution >= 4 is 23.3 Å². The molecule has 1 aliphatic carbocycles. The molecule has 1 heterocycles. The first-order chi connectivity index (χ1) is 15.0. The van der Waals surface area contributed by atoms with Gasteiger partial charge in [0.05, 0.1) is 26.2 Å². The van der Waals surface area contributed by atoms with E-state index in [1.54, 1.807) is 20.3 Å². The standard InChI is InChI=1S/C23H33N3O5/c1-30-11-10-24-21(27)15-26(14-16-6-4-3-5-7-16)23(29)22(28)19-13-25-20-12-17(31-2)8-9-18(19)20/h8-9,12,16,19,25H,3-7,10-11,13-15H2,1-2H3,(H,24,27). The Balaban J connectivity index is 1.70. The average Bonchev–Trinajstić information content (AvgIpc) is 3.21. The molecule has 0 saturated heterocycles. The molecule has 8 nitrogen and oxygen atoms in total. The molecule has 1 aromatic rings. The van der Waals surface area contributed by atoms with Crippen LogP contribution in [0.5, 0.6) is 5.75 Å². The quantitative estimate of drug-likeness (QED) is 0.434. The lowest BCUT2D eigenvalue weighted by molar-refractivity contribution is -0.147. The van der Waals surface area contributed by atoms with E-state index in [4.69, 9.17) is 9.47 Å². The number of carbonyl (C=O) groups excluding carboxylic acids is 3. The van der Waals surface area contributed by atoms with Crippen LogP contribution in [0, 0.1) is 5.92 Å². The minimum Gasteiger partial charge on any atom is -0.497 e. The molecule has 1 aromatic carbocycles. The smallest absolute Gasteiger partial charge is 0.291 e. The number of nitrogens with zero attached hydrogens (tertiary/aromatic N) is 1. The fourth-order valence-electron chi connectivity index (χ4n) is 4.40. The summed E-state index contributed by atoms with van der Waals surface area (Å²) in [6.45, 7) is 1.47. The van der Waals surface area contributed by atoms with Crippen molar-refractivity contribution in [3.8, 4) is 5.75 Å². The van der Waals surface area contributed by atoms with Crippen molar-refractivity contribution in [1.82, 2.24) is 10.2 Å². The van der Waals surface area contributed by atoms with Crippen molar-refractivity contribution in [3.05, 3.63) is 23.8 Å². The summed E-state index contributed by atoms with van der Waals surface area (Å²) in [5, 5.41) is 5.94. The number of methoxy groups -OCH3 is 2. The van der Waals surface area contributed by atoms with E-state index in [1.165, 1.54) is 11.3 Å². The largest absolute Gasteiger partial charge is 0.497 e. The lowest BCUT2D eigenvalue weighted by Gasteiger charge is -2.29. The highest BCUT2D eigenvalue weighted by molar-refractivity contribution is 6.38. The van der Waals surface area contributed by atoms with Crippen LogP contribution in [0.4, 0.5) is 5.69 Å². The van der Waals surface area contributed by atoms with Crippen molar-refractivity contribution in [2.75, 3.05) is 52.3 Å². The van der Waals surface area contributed by atoms with Gasteiger partial charge >= 0.3 is 0 Å². The van der Waals surface area contributed by atoms with Gasteiger partial charge in [-0.05, 0) is 30.4 Å². The van der Waals surface area contributed by atoms with E-state index < -0.39 is 17.6 Å². The number of amides is 2. The Morgan fingerprint density at radius 1 is 1.16 bits per heavy atom. The molecule has 2 aliphatic rings. The summed E-state index contributed by atoms with van der Waals surface area (Å²) in [5.41, 5.74) is 1.60. The number of rotatable bonds is 10. The minimum absolute atomic E-state index is 0.111. The van der Waals surface area contributed by atoms with Crippen LogP contribution in [0.1, 0.15) is 43.6 Å². The van der Waals surface area contributed by atoms with Crippen molar-refractivity contribution in [3.63, 3.8) is 0 Å². The van der Waals surface area contributed by atoms with Crippen LogP contribution in [0.2, 0.25) is 0 Å². The molecule has 0 bridgehead atoms. The van der Waals surface area contributed by atoms with Crippen molar-refractivity contribution in [2.45, 2.75) is 38.0 Å². The lowest BCUT2D eigenvalue weighted by atomic mass is 9.88. The van der Waals surface area contributed by atoms with Crippen LogP contribution in [-0.4, -0.2) is 69.5 Å². The Kier molecular flexibility index (Phi) is 8.28. The van der Waals surface area contributed by atoms with Gasteiger partial charge in [0.1, 0.15) is 5.75 Å². The summed E-state index contributed by atoms with van der Waals surface area (Å²) in [7, 11) is 3.15. The molecule has 1 atom stereocenters. The van der Waals surface area contributed by atoms with Gasteiger partial charge in [-0.2, -0.15) is 0 Å². The Labute approximate surface area is 183 Å². The van der Waals surface area contributed by atoms with E-state index in [0.29, 0.717) is 37.9 Å². The van der Waals surface area contributed by atoms with Crippen LogP contribution in [0.15, 0.2) is 18.2 Å². The maximum absolute atomic E-state index is 13.2. The van der Waals surface area contributed by atoms with E-state index in [1.807, 2.05) is 12.1 Å². The molecule has 8 heteroatoms. The summed E-state index contributed by atoms with van der Waals surface area (Å²) in [5.74, 6) is -0.866. The first-order valence-corrected chi connectivity index (χ1v) is 11.0. The predicted octanol–water partition coefficient (Wildman–Crippen LogP) is 1.94. The Hall–Kier alpha value is -2.61. The maximum atomic E-state index is 13.2. The Bertz CT molecular complexity index is 791. The second kappa shape index (κ2) is 11.1. The van der Waals surface area contributed by atoms with Gasteiger partial charge in [-0.1, -0.05) is 25.3 Å². The SMILES string of the molecule is COCCNC(=O)CN(CC1CCCCC1)C(=O)C(=O)C1CNc2cc(OC)ccc21. The Morgan fingerprint density at radius 2 is 1.94 bits per heavy atom. The maximum Gasteiger partial charge on any atom is 0.291 e. The zero-order valence-corrected chi connectivity index (χ0v) is 18.4. The van der Waals surface area contributed by atoms with Crippen LogP contribution >= 0.6 is 0 Å². The summed E-state index contributed by atoms with van der Waals surface area (Å²) in [6.07, 6.45) is 5.51. The lowest BCUT2D eigenvalue weighted by Crippen LogP contribution is -2.47. The number of hydrogen-bond donors (Lipinski definition) is 2. The number of ketones is 1. The highest BCUT2D eigenvalue weighted by Crippen LogP contribution is 2.35. The molecule has 0 spiro atoms. The van der Waals surface area contributed by atoms with Gasteiger partial charge in [-0.25, -0.2) is 0 Å². The van der Waals surface area contributed by atoms with E-state index in [9.17, 15) is 14.4 Å². The van der Waals surface area contributed by atoms with E-state index in [-0.39, 0.29) is 12.5 Å². The molecular formula is C23H33N3O5. The second-order valence-electron chi connectivity index (χ2n) is 8.28. The normalized spacial score (nSPS) is 18.1. The van der Waals surface area contributed by atoms with Gasteiger partial charge in [0, 0.05) is 38.5 Å². The topological polar surface area (TPSA) is 97.0 Å². The third-order valence-electron chi connectivity index (χ3n) is 6.11. The van der Waals surface area contributed by atoms with E-state index in [2.05, 4.69) is 10.6 Å². The van der Waals surface area contributed by atoms with Crippen LogP contribution < -0.4 is 15.4 Å². The highest BCUT2D eigenvalue weighted by Gasteiger charge is 2.36. The summed E-state index contributed by atoms with van der Waals surface area (Å²) >= 11 is 0. The number of fused-ring (bicyclic) bond motifs is 1. The van der Waals surface area contributed by atoms with E-state index in [0.717, 1.165) is 36.9 Å². The van der Waals surface area contributed by atoms with Crippen LogP contribution in [0.3, 0.4) is 0 Å². The zero-order valence-electron chi connectivity index (χ0n) is 18.4. The van der Waals surface area contributed by atoms with Crippen molar-refractivity contribution in [1.29, 1.82) is 0 Å². The van der Waals surface area contributed by atoms with Crippen molar-refractivity contribution < 1.29 is 23.9 Å². The second-order valence-corrected chi connectivity index (χ2v) is 8.28. The number of carbonyl (C=O) groups is 3. The summed E-state index contributed by atoms with van der Waals surface area (Å²) < 4.78 is 10.2. The molecule has 1 aliphatic heterocycles. The molecule has 170 valence electrons. The molecular weight excluding hydrogens is 398 g/mol. The van der Waals surface area contributed by atoms with Gasteiger partial charge in [0.25, 0.3) is 5.91 Å². The molecule has 3 rings (SSSR count). The number of Topliss-reactive ketones (excluding diaryl/α,β-unsaturated/α-hetero) is 1.